The molecule has 0 saturated carbocycles. The summed E-state index contributed by atoms with van der Waals surface area (Å²) in [6, 6.07) is 0. The van der Waals surface area contributed by atoms with Gasteiger partial charge in [0.05, 0.1) is 0 Å². The lowest BCUT2D eigenvalue weighted by molar-refractivity contribution is 0.698. The predicted molar refractivity (Wildman–Crippen MR) is 42.0 cm³/mol. The molecule has 50 valence electrons. The van der Waals surface area contributed by atoms with Crippen LogP contribution >= 0.6 is 17.8 Å². The van der Waals surface area contributed by atoms with Gasteiger partial charge in [0.25, 0.3) is 0 Å². The SMILES string of the molecule is CCP(CC)S(=O)Cl. The molecule has 0 heterocycles. The van der Waals surface area contributed by atoms with Crippen LogP contribution in [-0.4, -0.2) is 16.5 Å². The Kier molecular flexibility index (Phi) is 5.23. The zero-order valence-corrected chi connectivity index (χ0v) is 7.52. The fraction of sp³-hybridized carbons (Fsp3) is 1.00. The van der Waals surface area contributed by atoms with Crippen LogP contribution in [0.5, 0.6) is 0 Å². The lowest BCUT2D eigenvalue weighted by atomic mass is 11.0. The van der Waals surface area contributed by atoms with Gasteiger partial charge >= 0.3 is 0 Å². The number of halogens is 1. The molecule has 0 aliphatic carbocycles. The normalized spacial score (nSPS) is 14.5. The van der Waals surface area contributed by atoms with Crippen molar-refractivity contribution in [2.75, 3.05) is 12.3 Å². The van der Waals surface area contributed by atoms with E-state index in [0.29, 0.717) is 0 Å². The van der Waals surface area contributed by atoms with Crippen molar-refractivity contribution in [2.45, 2.75) is 13.8 Å². The monoisotopic (exact) mass is 172 g/mol. The van der Waals surface area contributed by atoms with Crippen LogP contribution in [0.4, 0.5) is 0 Å². The van der Waals surface area contributed by atoms with Gasteiger partial charge in [-0.2, -0.15) is 0 Å². The first kappa shape index (κ1) is 8.87. The third-order valence-corrected chi connectivity index (χ3v) is 7.25. The van der Waals surface area contributed by atoms with Gasteiger partial charge in [-0.25, -0.2) is 4.21 Å². The van der Waals surface area contributed by atoms with Gasteiger partial charge in [-0.15, -0.1) is 0 Å². The molecule has 8 heavy (non-hydrogen) atoms. The van der Waals surface area contributed by atoms with Crippen molar-refractivity contribution in [3.63, 3.8) is 0 Å². The van der Waals surface area contributed by atoms with Crippen LogP contribution in [-0.2, 0) is 9.63 Å². The van der Waals surface area contributed by atoms with E-state index in [-0.39, 0.29) is 7.12 Å². The van der Waals surface area contributed by atoms with Crippen molar-refractivity contribution in [1.82, 2.24) is 0 Å². The molecule has 0 aromatic carbocycles. The lowest BCUT2D eigenvalue weighted by Crippen LogP contribution is -1.83. The fourth-order valence-electron chi connectivity index (χ4n) is 0.427. The molecule has 0 aliphatic heterocycles. The predicted octanol–water partition coefficient (Wildman–Crippen LogP) is 2.33. The Bertz CT molecular complexity index is 84.1. The highest BCUT2D eigenvalue weighted by atomic mass is 35.7. The molecule has 0 radical (unpaired) electrons. The fourth-order valence-corrected chi connectivity index (χ4v) is 4.25. The molecule has 0 aromatic rings. The average molecular weight is 173 g/mol. The molecule has 1 nitrogen and oxygen atoms in total. The second kappa shape index (κ2) is 4.72. The summed E-state index contributed by atoms with van der Waals surface area (Å²) < 4.78 is 10.5. The zero-order valence-electron chi connectivity index (χ0n) is 5.06. The van der Waals surface area contributed by atoms with Crippen LogP contribution in [0.25, 0.3) is 0 Å². The van der Waals surface area contributed by atoms with Gasteiger partial charge in [0.2, 0.25) is 0 Å². The molecule has 0 spiro atoms. The standard InChI is InChI=1S/C4H10ClOPS/c1-3-7(4-2)8(5)6/h3-4H2,1-2H3. The number of rotatable bonds is 3. The molecule has 0 aliphatic rings. The molecule has 0 aromatic heterocycles. The van der Waals surface area contributed by atoms with Gasteiger partial charge in [0.1, 0.15) is 9.63 Å². The third kappa shape index (κ3) is 3.01. The Hall–Kier alpha value is 0.870. The summed E-state index contributed by atoms with van der Waals surface area (Å²) in [7, 11) is 3.90. The summed E-state index contributed by atoms with van der Waals surface area (Å²) in [4.78, 5) is 0. The zero-order chi connectivity index (χ0) is 6.57. The van der Waals surface area contributed by atoms with Crippen molar-refractivity contribution in [3.05, 3.63) is 0 Å². The van der Waals surface area contributed by atoms with Crippen LogP contribution in [0.15, 0.2) is 0 Å². The Balaban J connectivity index is 3.52. The summed E-state index contributed by atoms with van der Waals surface area (Å²) in [6.45, 7) is 4.05. The highest BCUT2D eigenvalue weighted by molar-refractivity contribution is 8.57. The molecule has 0 bridgehead atoms. The summed E-state index contributed by atoms with van der Waals surface area (Å²) >= 11 is 0. The topological polar surface area (TPSA) is 17.1 Å². The second-order valence-corrected chi connectivity index (χ2v) is 7.99. The summed E-state index contributed by atoms with van der Waals surface area (Å²) in [6.07, 6.45) is 1.95. The van der Waals surface area contributed by atoms with E-state index >= 15 is 0 Å². The maximum atomic E-state index is 10.5. The maximum Gasteiger partial charge on any atom is 0.136 e. The van der Waals surface area contributed by atoms with Crippen LogP contribution in [0, 0.1) is 0 Å². The Morgan fingerprint density at radius 1 is 1.50 bits per heavy atom. The van der Waals surface area contributed by atoms with Gasteiger partial charge in [-0.1, -0.05) is 13.8 Å². The van der Waals surface area contributed by atoms with E-state index in [4.69, 9.17) is 10.7 Å². The summed E-state index contributed by atoms with van der Waals surface area (Å²) in [5.74, 6) is 0. The quantitative estimate of drug-likeness (QED) is 0.472. The molecule has 0 saturated heterocycles. The van der Waals surface area contributed by atoms with Gasteiger partial charge in [0, 0.05) is 7.12 Å². The van der Waals surface area contributed by atoms with Crippen LogP contribution in [0.2, 0.25) is 0 Å². The molecular formula is C4H10ClOPS. The first-order valence-electron chi connectivity index (χ1n) is 2.55. The van der Waals surface area contributed by atoms with Crippen molar-refractivity contribution >= 4 is 27.4 Å². The molecule has 1 unspecified atom stereocenters. The van der Waals surface area contributed by atoms with Gasteiger partial charge in [-0.3, -0.25) is 0 Å². The number of hydrogen-bond donors (Lipinski definition) is 0. The minimum atomic E-state index is -1.07. The molecule has 0 N–H and O–H groups in total. The minimum Gasteiger partial charge on any atom is -0.238 e. The van der Waals surface area contributed by atoms with E-state index in [1.807, 2.05) is 13.8 Å². The first-order chi connectivity index (χ1) is 3.72. The first-order valence-corrected chi connectivity index (χ1v) is 6.84. The van der Waals surface area contributed by atoms with Crippen LogP contribution in [0.1, 0.15) is 13.8 Å². The third-order valence-electron chi connectivity index (χ3n) is 0.908. The van der Waals surface area contributed by atoms with Crippen molar-refractivity contribution in [1.29, 1.82) is 0 Å². The van der Waals surface area contributed by atoms with Gasteiger partial charge < -0.3 is 0 Å². The van der Waals surface area contributed by atoms with Gasteiger partial charge in [0.15, 0.2) is 0 Å². The minimum absolute atomic E-state index is 0.378. The molecule has 0 fully saturated rings. The van der Waals surface area contributed by atoms with E-state index in [1.54, 1.807) is 0 Å². The van der Waals surface area contributed by atoms with Crippen molar-refractivity contribution in [2.24, 2.45) is 0 Å². The molecule has 4 heteroatoms. The molecule has 0 amide bonds. The molecular weight excluding hydrogens is 163 g/mol. The smallest absolute Gasteiger partial charge is 0.136 e. The number of hydrogen-bond acceptors (Lipinski definition) is 1. The van der Waals surface area contributed by atoms with E-state index in [0.717, 1.165) is 12.3 Å². The summed E-state index contributed by atoms with van der Waals surface area (Å²) in [5.41, 5.74) is 0. The highest BCUT2D eigenvalue weighted by Gasteiger charge is 2.06. The van der Waals surface area contributed by atoms with Gasteiger partial charge in [-0.05, 0) is 23.0 Å². The van der Waals surface area contributed by atoms with Crippen molar-refractivity contribution < 1.29 is 4.21 Å². The van der Waals surface area contributed by atoms with E-state index < -0.39 is 9.63 Å². The van der Waals surface area contributed by atoms with E-state index in [1.165, 1.54) is 0 Å². The largest absolute Gasteiger partial charge is 0.238 e. The highest BCUT2D eigenvalue weighted by Crippen LogP contribution is 2.40. The maximum absolute atomic E-state index is 10.5. The Morgan fingerprint density at radius 2 is 1.88 bits per heavy atom. The molecule has 0 rings (SSSR count). The Morgan fingerprint density at radius 3 is 1.88 bits per heavy atom. The average Bonchev–Trinajstić information content (AvgIpc) is 1.69. The van der Waals surface area contributed by atoms with Crippen LogP contribution in [0.3, 0.4) is 0 Å². The van der Waals surface area contributed by atoms with Crippen molar-refractivity contribution in [3.8, 4) is 0 Å². The Labute approximate surface area is 58.3 Å². The molecule has 1 atom stereocenters. The second-order valence-electron chi connectivity index (χ2n) is 1.32. The summed E-state index contributed by atoms with van der Waals surface area (Å²) in [5, 5.41) is 0. The van der Waals surface area contributed by atoms with Crippen LogP contribution < -0.4 is 0 Å². The van der Waals surface area contributed by atoms with E-state index in [9.17, 15) is 4.21 Å². The van der Waals surface area contributed by atoms with E-state index in [2.05, 4.69) is 0 Å². The lowest BCUT2D eigenvalue weighted by Gasteiger charge is -2.03.